The van der Waals surface area contributed by atoms with Crippen LogP contribution in [0.3, 0.4) is 0 Å². The molecule has 0 fully saturated rings. The third-order valence-corrected chi connectivity index (χ3v) is 3.51. The summed E-state index contributed by atoms with van der Waals surface area (Å²) < 4.78 is 16.6. The van der Waals surface area contributed by atoms with Crippen molar-refractivity contribution in [3.05, 3.63) is 64.4 Å². The molecule has 128 valence electrons. The molecule has 0 radical (unpaired) electrons. The molecule has 0 spiro atoms. The summed E-state index contributed by atoms with van der Waals surface area (Å²) in [7, 11) is 2.86. The van der Waals surface area contributed by atoms with Crippen LogP contribution in [0.15, 0.2) is 51.8 Å². The maximum atomic E-state index is 11.9. The summed E-state index contributed by atoms with van der Waals surface area (Å²) in [5.41, 5.74) is 0.698. The zero-order valence-corrected chi connectivity index (χ0v) is 13.6. The van der Waals surface area contributed by atoms with Gasteiger partial charge in [0.2, 0.25) is 11.8 Å². The predicted octanol–water partition coefficient (Wildman–Crippen LogP) is 1.74. The van der Waals surface area contributed by atoms with Crippen molar-refractivity contribution in [1.82, 2.24) is 14.8 Å². The second kappa shape index (κ2) is 7.00. The lowest BCUT2D eigenvalue weighted by Crippen LogP contribution is -2.21. The SMILES string of the molecule is COC(=O)c1ccc(=O)n(Cc2nnc(-c3ccc(OC)cc3)o2)c1. The fraction of sp³-hybridized carbons (Fsp3) is 0.176. The van der Waals surface area contributed by atoms with Crippen molar-refractivity contribution >= 4 is 5.97 Å². The minimum atomic E-state index is -0.529. The van der Waals surface area contributed by atoms with Crippen molar-refractivity contribution in [3.63, 3.8) is 0 Å². The summed E-state index contributed by atoms with van der Waals surface area (Å²) in [4.78, 5) is 23.5. The molecule has 0 aliphatic heterocycles. The molecular weight excluding hydrogens is 326 g/mol. The third-order valence-electron chi connectivity index (χ3n) is 3.51. The number of ether oxygens (including phenoxy) is 2. The van der Waals surface area contributed by atoms with Crippen LogP contribution in [0.1, 0.15) is 16.2 Å². The van der Waals surface area contributed by atoms with Crippen molar-refractivity contribution in [2.45, 2.75) is 6.54 Å². The van der Waals surface area contributed by atoms with E-state index in [0.717, 1.165) is 11.3 Å². The van der Waals surface area contributed by atoms with E-state index in [0.29, 0.717) is 5.89 Å². The van der Waals surface area contributed by atoms with Crippen molar-refractivity contribution in [2.24, 2.45) is 0 Å². The van der Waals surface area contributed by atoms with E-state index < -0.39 is 5.97 Å². The van der Waals surface area contributed by atoms with Gasteiger partial charge in [-0.2, -0.15) is 0 Å². The lowest BCUT2D eigenvalue weighted by atomic mass is 10.2. The van der Waals surface area contributed by atoms with Gasteiger partial charge < -0.3 is 18.5 Å². The molecule has 0 saturated heterocycles. The standard InChI is InChI=1S/C17H15N3O5/c1-23-13-6-3-11(4-7-13)16-19-18-14(25-16)10-20-9-12(17(22)24-2)5-8-15(20)21/h3-9H,10H2,1-2H3. The fourth-order valence-electron chi connectivity index (χ4n) is 2.21. The van der Waals surface area contributed by atoms with Gasteiger partial charge >= 0.3 is 5.97 Å². The highest BCUT2D eigenvalue weighted by Gasteiger charge is 2.12. The van der Waals surface area contributed by atoms with Crippen LogP contribution in [0.4, 0.5) is 0 Å². The molecule has 0 unspecified atom stereocenters. The van der Waals surface area contributed by atoms with Gasteiger partial charge in [-0.3, -0.25) is 4.79 Å². The average molecular weight is 341 g/mol. The van der Waals surface area contributed by atoms with Gasteiger partial charge in [-0.15, -0.1) is 10.2 Å². The van der Waals surface area contributed by atoms with E-state index in [9.17, 15) is 9.59 Å². The van der Waals surface area contributed by atoms with E-state index in [-0.39, 0.29) is 23.6 Å². The van der Waals surface area contributed by atoms with Crippen LogP contribution < -0.4 is 10.3 Å². The predicted molar refractivity (Wildman–Crippen MR) is 87.4 cm³/mol. The minimum Gasteiger partial charge on any atom is -0.497 e. The molecule has 8 heteroatoms. The van der Waals surface area contributed by atoms with E-state index >= 15 is 0 Å². The minimum absolute atomic E-state index is 0.0484. The van der Waals surface area contributed by atoms with Crippen LogP contribution in [-0.4, -0.2) is 35.0 Å². The van der Waals surface area contributed by atoms with Crippen LogP contribution in [-0.2, 0) is 11.3 Å². The van der Waals surface area contributed by atoms with Crippen LogP contribution in [0.2, 0.25) is 0 Å². The van der Waals surface area contributed by atoms with Gasteiger partial charge in [0.25, 0.3) is 5.56 Å². The van der Waals surface area contributed by atoms with Crippen molar-refractivity contribution in [2.75, 3.05) is 14.2 Å². The molecule has 3 rings (SSSR count). The molecule has 0 saturated carbocycles. The van der Waals surface area contributed by atoms with E-state index in [2.05, 4.69) is 14.9 Å². The number of pyridine rings is 1. The third kappa shape index (κ3) is 3.57. The van der Waals surface area contributed by atoms with Crippen LogP contribution >= 0.6 is 0 Å². The summed E-state index contributed by atoms with van der Waals surface area (Å²) in [6, 6.07) is 9.84. The van der Waals surface area contributed by atoms with E-state index in [1.807, 2.05) is 0 Å². The number of carbonyl (C=O) groups is 1. The zero-order valence-electron chi connectivity index (χ0n) is 13.6. The molecule has 0 aliphatic carbocycles. The summed E-state index contributed by atoms with van der Waals surface area (Å²) >= 11 is 0. The Morgan fingerprint density at radius 3 is 2.56 bits per heavy atom. The first-order valence-electron chi connectivity index (χ1n) is 7.36. The number of aromatic nitrogens is 3. The highest BCUT2D eigenvalue weighted by molar-refractivity contribution is 5.88. The second-order valence-corrected chi connectivity index (χ2v) is 5.10. The van der Waals surface area contributed by atoms with Gasteiger partial charge in [0, 0.05) is 17.8 Å². The molecule has 0 atom stereocenters. The smallest absolute Gasteiger partial charge is 0.339 e. The number of benzene rings is 1. The normalized spacial score (nSPS) is 10.5. The van der Waals surface area contributed by atoms with Crippen LogP contribution in [0.25, 0.3) is 11.5 Å². The molecule has 0 bridgehead atoms. The Morgan fingerprint density at radius 1 is 1.12 bits per heavy atom. The molecule has 0 N–H and O–H groups in total. The van der Waals surface area contributed by atoms with Crippen molar-refractivity contribution in [3.8, 4) is 17.2 Å². The molecule has 3 aromatic rings. The van der Waals surface area contributed by atoms with Crippen LogP contribution in [0, 0.1) is 0 Å². The largest absolute Gasteiger partial charge is 0.497 e. The number of hydrogen-bond acceptors (Lipinski definition) is 7. The Hall–Kier alpha value is -3.42. The maximum absolute atomic E-state index is 11.9. The summed E-state index contributed by atoms with van der Waals surface area (Å²) in [6.07, 6.45) is 1.39. The molecule has 25 heavy (non-hydrogen) atoms. The van der Waals surface area contributed by atoms with Gasteiger partial charge in [-0.05, 0) is 30.3 Å². The Balaban J connectivity index is 1.83. The molecule has 0 amide bonds. The summed E-state index contributed by atoms with van der Waals surface area (Å²) in [6.45, 7) is 0.0484. The first-order chi connectivity index (χ1) is 12.1. The van der Waals surface area contributed by atoms with Crippen molar-refractivity contribution in [1.29, 1.82) is 0 Å². The molecule has 1 aromatic carbocycles. The molecule has 2 aromatic heterocycles. The average Bonchev–Trinajstić information content (AvgIpc) is 3.11. The number of carbonyl (C=O) groups excluding carboxylic acids is 1. The molecule has 8 nitrogen and oxygen atoms in total. The number of esters is 1. The zero-order chi connectivity index (χ0) is 17.8. The van der Waals surface area contributed by atoms with E-state index in [4.69, 9.17) is 9.15 Å². The number of nitrogens with zero attached hydrogens (tertiary/aromatic N) is 3. The summed E-state index contributed by atoms with van der Waals surface area (Å²) in [5, 5.41) is 7.92. The highest BCUT2D eigenvalue weighted by atomic mass is 16.5. The van der Waals surface area contributed by atoms with Crippen LogP contribution in [0.5, 0.6) is 5.75 Å². The van der Waals surface area contributed by atoms with E-state index in [1.54, 1.807) is 31.4 Å². The highest BCUT2D eigenvalue weighted by Crippen LogP contribution is 2.21. The van der Waals surface area contributed by atoms with Gasteiger partial charge in [0.1, 0.15) is 12.3 Å². The first-order valence-corrected chi connectivity index (χ1v) is 7.36. The number of hydrogen-bond donors (Lipinski definition) is 0. The van der Waals surface area contributed by atoms with Gasteiger partial charge in [-0.1, -0.05) is 0 Å². The van der Waals surface area contributed by atoms with Gasteiger partial charge in [0.05, 0.1) is 19.8 Å². The first kappa shape index (κ1) is 16.4. The van der Waals surface area contributed by atoms with Crippen molar-refractivity contribution < 1.29 is 18.7 Å². The van der Waals surface area contributed by atoms with Gasteiger partial charge in [0.15, 0.2) is 0 Å². The molecule has 0 aliphatic rings. The summed E-state index contributed by atoms with van der Waals surface area (Å²) in [5.74, 6) is 0.762. The topological polar surface area (TPSA) is 96.5 Å². The lowest BCUT2D eigenvalue weighted by Gasteiger charge is -2.04. The Labute approximate surface area is 142 Å². The Morgan fingerprint density at radius 2 is 1.88 bits per heavy atom. The quantitative estimate of drug-likeness (QED) is 0.652. The monoisotopic (exact) mass is 341 g/mol. The van der Waals surface area contributed by atoms with E-state index in [1.165, 1.54) is 30.0 Å². The molecular formula is C17H15N3O5. The molecule has 2 heterocycles. The number of methoxy groups -OCH3 is 2. The fourth-order valence-corrected chi connectivity index (χ4v) is 2.21. The maximum Gasteiger partial charge on any atom is 0.339 e. The Kier molecular flexibility index (Phi) is 4.60. The lowest BCUT2D eigenvalue weighted by molar-refractivity contribution is 0.0599. The van der Waals surface area contributed by atoms with Gasteiger partial charge in [-0.25, -0.2) is 4.79 Å². The number of rotatable bonds is 5. The second-order valence-electron chi connectivity index (χ2n) is 5.10. The Bertz CT molecular complexity index is 943.